The van der Waals surface area contributed by atoms with Crippen LogP contribution < -0.4 is 0 Å². The lowest BCUT2D eigenvalue weighted by atomic mass is 9.99. The molecule has 4 heteroatoms. The smallest absolute Gasteiger partial charge is 0.225 e. The summed E-state index contributed by atoms with van der Waals surface area (Å²) in [7, 11) is 1.90. The van der Waals surface area contributed by atoms with E-state index in [1.54, 1.807) is 0 Å². The molecule has 1 heterocycles. The van der Waals surface area contributed by atoms with E-state index in [-0.39, 0.29) is 11.8 Å². The minimum atomic E-state index is 0.189. The van der Waals surface area contributed by atoms with E-state index in [1.807, 2.05) is 11.9 Å². The molecule has 0 spiro atoms. The first-order valence-electron chi connectivity index (χ1n) is 5.58. The third-order valence-corrected chi connectivity index (χ3v) is 3.27. The van der Waals surface area contributed by atoms with Crippen molar-refractivity contribution >= 4 is 21.8 Å². The van der Waals surface area contributed by atoms with Crippen LogP contribution in [0.25, 0.3) is 0 Å². The van der Waals surface area contributed by atoms with Crippen LogP contribution >= 0.6 is 15.9 Å². The van der Waals surface area contributed by atoms with Crippen LogP contribution in [0, 0.1) is 5.92 Å². The normalized spacial score (nSPS) is 19.9. The predicted octanol–water partition coefficient (Wildman–Crippen LogP) is 2.04. The van der Waals surface area contributed by atoms with Crippen molar-refractivity contribution in [3.8, 4) is 0 Å². The average molecular weight is 278 g/mol. The second kappa shape index (κ2) is 6.48. The molecule has 0 aromatic carbocycles. The summed E-state index contributed by atoms with van der Waals surface area (Å²) in [6.07, 6.45) is 2.77. The molecule has 0 radical (unpaired) electrons. The summed E-state index contributed by atoms with van der Waals surface area (Å²) in [4.78, 5) is 14.3. The van der Waals surface area contributed by atoms with E-state index in [2.05, 4.69) is 22.9 Å². The van der Waals surface area contributed by atoms with Crippen molar-refractivity contribution in [3.05, 3.63) is 0 Å². The molecular formula is C11H20BrNO2. The number of ether oxygens (including phenoxy) is 1. The maximum absolute atomic E-state index is 12.0. The fraction of sp³-hybridized carbons (Fsp3) is 0.909. The largest absolute Gasteiger partial charge is 0.381 e. The fourth-order valence-corrected chi connectivity index (χ4v) is 1.94. The third-order valence-electron chi connectivity index (χ3n) is 2.81. The molecule has 1 unspecified atom stereocenters. The van der Waals surface area contributed by atoms with Crippen LogP contribution in [-0.4, -0.2) is 42.4 Å². The fourth-order valence-electron chi connectivity index (χ4n) is 1.74. The molecule has 1 fully saturated rings. The summed E-state index contributed by atoms with van der Waals surface area (Å²) in [6.45, 7) is 4.41. The van der Waals surface area contributed by atoms with Gasteiger partial charge in [-0.25, -0.2) is 0 Å². The molecule has 1 aliphatic heterocycles. The first kappa shape index (κ1) is 13.0. The van der Waals surface area contributed by atoms with Crippen LogP contribution in [0.3, 0.4) is 0 Å². The molecule has 1 amide bonds. The standard InChI is InChI=1S/C11H20BrNO2/c1-9(12)3-6-13(2)11(14)10-4-7-15-8-5-10/h9-10H,3-8H2,1-2H3. The SMILES string of the molecule is CC(Br)CCN(C)C(=O)C1CCOCC1. The van der Waals surface area contributed by atoms with Crippen LogP contribution in [0.15, 0.2) is 0 Å². The molecular weight excluding hydrogens is 258 g/mol. The second-order valence-electron chi connectivity index (χ2n) is 4.22. The highest BCUT2D eigenvalue weighted by Gasteiger charge is 2.24. The number of carbonyl (C=O) groups is 1. The number of rotatable bonds is 4. The second-order valence-corrected chi connectivity index (χ2v) is 5.78. The van der Waals surface area contributed by atoms with Gasteiger partial charge in [-0.05, 0) is 19.3 Å². The van der Waals surface area contributed by atoms with Gasteiger partial charge >= 0.3 is 0 Å². The van der Waals surface area contributed by atoms with Crippen LogP contribution in [0.5, 0.6) is 0 Å². The van der Waals surface area contributed by atoms with Gasteiger partial charge in [0.1, 0.15) is 0 Å². The molecule has 88 valence electrons. The summed E-state index contributed by atoms with van der Waals surface area (Å²) in [6, 6.07) is 0. The molecule has 1 aliphatic rings. The van der Waals surface area contributed by atoms with Crippen molar-refractivity contribution in [2.45, 2.75) is 31.0 Å². The number of hydrogen-bond donors (Lipinski definition) is 0. The van der Waals surface area contributed by atoms with Gasteiger partial charge in [-0.1, -0.05) is 22.9 Å². The number of carbonyl (C=O) groups excluding carboxylic acids is 1. The number of hydrogen-bond acceptors (Lipinski definition) is 2. The first-order valence-corrected chi connectivity index (χ1v) is 6.49. The predicted molar refractivity (Wildman–Crippen MR) is 64.2 cm³/mol. The quantitative estimate of drug-likeness (QED) is 0.737. The molecule has 15 heavy (non-hydrogen) atoms. The summed E-state index contributed by atoms with van der Waals surface area (Å²) < 4.78 is 5.25. The van der Waals surface area contributed by atoms with E-state index in [0.29, 0.717) is 4.83 Å². The average Bonchev–Trinajstić information content (AvgIpc) is 2.26. The molecule has 0 aromatic rings. The van der Waals surface area contributed by atoms with Gasteiger partial charge in [0.25, 0.3) is 0 Å². The van der Waals surface area contributed by atoms with E-state index in [1.165, 1.54) is 0 Å². The van der Waals surface area contributed by atoms with Crippen LogP contribution in [-0.2, 0) is 9.53 Å². The van der Waals surface area contributed by atoms with E-state index >= 15 is 0 Å². The zero-order chi connectivity index (χ0) is 11.3. The van der Waals surface area contributed by atoms with Gasteiger partial charge in [-0.3, -0.25) is 4.79 Å². The molecule has 3 nitrogen and oxygen atoms in total. The monoisotopic (exact) mass is 277 g/mol. The molecule has 0 aliphatic carbocycles. The molecule has 0 aromatic heterocycles. The Morgan fingerprint density at radius 3 is 2.67 bits per heavy atom. The number of halogens is 1. The third kappa shape index (κ3) is 4.51. The van der Waals surface area contributed by atoms with Crippen molar-refractivity contribution < 1.29 is 9.53 Å². The van der Waals surface area contributed by atoms with Crippen LogP contribution in [0.1, 0.15) is 26.2 Å². The minimum Gasteiger partial charge on any atom is -0.381 e. The molecule has 0 N–H and O–H groups in total. The van der Waals surface area contributed by atoms with Gasteiger partial charge in [-0.15, -0.1) is 0 Å². The Hall–Kier alpha value is -0.0900. The molecule has 0 bridgehead atoms. The Labute approximate surface area is 100 Å². The van der Waals surface area contributed by atoms with Crippen molar-refractivity contribution in [1.82, 2.24) is 4.90 Å². The maximum Gasteiger partial charge on any atom is 0.225 e. The summed E-state index contributed by atoms with van der Waals surface area (Å²) in [5.74, 6) is 0.473. The highest BCUT2D eigenvalue weighted by atomic mass is 79.9. The minimum absolute atomic E-state index is 0.189. The Bertz CT molecular complexity index is 203. The lowest BCUT2D eigenvalue weighted by Gasteiger charge is -2.26. The maximum atomic E-state index is 12.0. The molecule has 1 atom stereocenters. The topological polar surface area (TPSA) is 29.5 Å². The lowest BCUT2D eigenvalue weighted by Crippen LogP contribution is -2.36. The van der Waals surface area contributed by atoms with Gasteiger partial charge in [0.2, 0.25) is 5.91 Å². The van der Waals surface area contributed by atoms with Crippen molar-refractivity contribution in [1.29, 1.82) is 0 Å². The Balaban J connectivity index is 2.30. The molecule has 1 saturated heterocycles. The Kier molecular flexibility index (Phi) is 5.61. The summed E-state index contributed by atoms with van der Waals surface area (Å²) in [5, 5.41) is 0. The van der Waals surface area contributed by atoms with Crippen molar-refractivity contribution in [2.24, 2.45) is 5.92 Å². The number of alkyl halides is 1. The Morgan fingerprint density at radius 1 is 1.53 bits per heavy atom. The molecule has 0 saturated carbocycles. The van der Waals surface area contributed by atoms with Gasteiger partial charge in [0.05, 0.1) is 0 Å². The van der Waals surface area contributed by atoms with Crippen molar-refractivity contribution in [3.63, 3.8) is 0 Å². The van der Waals surface area contributed by atoms with Gasteiger partial charge in [-0.2, -0.15) is 0 Å². The van der Waals surface area contributed by atoms with Gasteiger partial charge in [0.15, 0.2) is 0 Å². The molecule has 1 rings (SSSR count). The lowest BCUT2D eigenvalue weighted by molar-refractivity contribution is -0.137. The van der Waals surface area contributed by atoms with Gasteiger partial charge in [0, 0.05) is 37.6 Å². The van der Waals surface area contributed by atoms with Crippen LogP contribution in [0.4, 0.5) is 0 Å². The number of nitrogens with zero attached hydrogens (tertiary/aromatic N) is 1. The van der Waals surface area contributed by atoms with E-state index in [0.717, 1.165) is 39.0 Å². The van der Waals surface area contributed by atoms with E-state index < -0.39 is 0 Å². The number of amides is 1. The highest BCUT2D eigenvalue weighted by molar-refractivity contribution is 9.09. The zero-order valence-electron chi connectivity index (χ0n) is 9.54. The van der Waals surface area contributed by atoms with E-state index in [4.69, 9.17) is 4.74 Å². The highest BCUT2D eigenvalue weighted by Crippen LogP contribution is 2.17. The zero-order valence-corrected chi connectivity index (χ0v) is 11.1. The van der Waals surface area contributed by atoms with E-state index in [9.17, 15) is 4.79 Å². The first-order chi connectivity index (χ1) is 7.11. The summed E-state index contributed by atoms with van der Waals surface area (Å²) >= 11 is 3.49. The van der Waals surface area contributed by atoms with Crippen LogP contribution in [0.2, 0.25) is 0 Å². The Morgan fingerprint density at radius 2 is 2.13 bits per heavy atom. The van der Waals surface area contributed by atoms with Gasteiger partial charge < -0.3 is 9.64 Å². The van der Waals surface area contributed by atoms with Crippen molar-refractivity contribution in [2.75, 3.05) is 26.8 Å². The summed E-state index contributed by atoms with van der Waals surface area (Å²) in [5.41, 5.74) is 0.